The second-order valence-electron chi connectivity index (χ2n) is 6.42. The summed E-state index contributed by atoms with van der Waals surface area (Å²) in [4.78, 5) is 15.8. The average molecular weight is 322 g/mol. The lowest BCUT2D eigenvalue weighted by atomic mass is 9.99. The van der Waals surface area contributed by atoms with Crippen LogP contribution in [0.3, 0.4) is 0 Å². The summed E-state index contributed by atoms with van der Waals surface area (Å²) in [5, 5.41) is 4.54. The van der Waals surface area contributed by atoms with Gasteiger partial charge in [-0.1, -0.05) is 17.7 Å². The number of hydrogen-bond donors (Lipinski definition) is 1. The van der Waals surface area contributed by atoms with Gasteiger partial charge in [0.05, 0.1) is 0 Å². The highest BCUT2D eigenvalue weighted by molar-refractivity contribution is 6.30. The molecule has 1 aromatic carbocycles. The fraction of sp³-hybridized carbons (Fsp3) is 0.588. The Bertz CT molecular complexity index is 528. The van der Waals surface area contributed by atoms with Crippen LogP contribution in [0.5, 0.6) is 0 Å². The number of nitrogens with zero attached hydrogens (tertiary/aromatic N) is 2. The lowest BCUT2D eigenvalue weighted by molar-refractivity contribution is -0.132. The fourth-order valence-electron chi connectivity index (χ4n) is 3.46. The van der Waals surface area contributed by atoms with E-state index in [1.165, 1.54) is 5.69 Å². The summed E-state index contributed by atoms with van der Waals surface area (Å²) in [5.41, 5.74) is 1.22. The highest BCUT2D eigenvalue weighted by Gasteiger charge is 2.26. The summed E-state index contributed by atoms with van der Waals surface area (Å²) in [6.07, 6.45) is 3.93. The van der Waals surface area contributed by atoms with Gasteiger partial charge < -0.3 is 15.1 Å². The first-order valence-corrected chi connectivity index (χ1v) is 8.50. The average Bonchev–Trinajstić information content (AvgIpc) is 2.52. The second-order valence-corrected chi connectivity index (χ2v) is 6.85. The SMILES string of the molecule is CN1C[C@@H](NC2CCN(c3cccc(Cl)c3)CC2)CCC1=O. The van der Waals surface area contributed by atoms with Gasteiger partial charge in [0.25, 0.3) is 0 Å². The minimum atomic E-state index is 0.272. The van der Waals surface area contributed by atoms with Crippen molar-refractivity contribution < 1.29 is 4.79 Å². The summed E-state index contributed by atoms with van der Waals surface area (Å²) >= 11 is 6.08. The number of nitrogens with one attached hydrogen (secondary N) is 1. The molecule has 4 nitrogen and oxygen atoms in total. The van der Waals surface area contributed by atoms with Crippen LogP contribution in [0.25, 0.3) is 0 Å². The summed E-state index contributed by atoms with van der Waals surface area (Å²) in [5.74, 6) is 0.272. The third-order valence-electron chi connectivity index (χ3n) is 4.77. The molecule has 1 N–H and O–H groups in total. The van der Waals surface area contributed by atoms with Crippen molar-refractivity contribution in [1.82, 2.24) is 10.2 Å². The molecular formula is C17H24ClN3O. The van der Waals surface area contributed by atoms with Gasteiger partial charge >= 0.3 is 0 Å². The maximum Gasteiger partial charge on any atom is 0.222 e. The van der Waals surface area contributed by atoms with E-state index in [0.717, 1.165) is 43.9 Å². The molecule has 2 heterocycles. The van der Waals surface area contributed by atoms with Crippen molar-refractivity contribution in [2.45, 2.75) is 37.8 Å². The molecule has 2 saturated heterocycles. The van der Waals surface area contributed by atoms with Gasteiger partial charge in [0, 0.05) is 55.9 Å². The Morgan fingerprint density at radius 1 is 1.18 bits per heavy atom. The molecule has 22 heavy (non-hydrogen) atoms. The van der Waals surface area contributed by atoms with Crippen molar-refractivity contribution in [2.75, 3.05) is 31.6 Å². The number of hydrogen-bond acceptors (Lipinski definition) is 3. The number of carbonyl (C=O) groups is 1. The predicted molar refractivity (Wildman–Crippen MR) is 90.5 cm³/mol. The van der Waals surface area contributed by atoms with Crippen molar-refractivity contribution >= 4 is 23.2 Å². The van der Waals surface area contributed by atoms with Crippen molar-refractivity contribution in [1.29, 1.82) is 0 Å². The molecule has 1 amide bonds. The summed E-state index contributed by atoms with van der Waals surface area (Å²) < 4.78 is 0. The van der Waals surface area contributed by atoms with Gasteiger partial charge in [0.1, 0.15) is 0 Å². The van der Waals surface area contributed by atoms with Crippen molar-refractivity contribution in [3.05, 3.63) is 29.3 Å². The molecule has 0 spiro atoms. The van der Waals surface area contributed by atoms with Gasteiger partial charge in [-0.2, -0.15) is 0 Å². The van der Waals surface area contributed by atoms with Crippen LogP contribution in [0.4, 0.5) is 5.69 Å². The Morgan fingerprint density at radius 2 is 1.95 bits per heavy atom. The van der Waals surface area contributed by atoms with E-state index in [9.17, 15) is 4.79 Å². The molecule has 120 valence electrons. The number of likely N-dealkylation sites (N-methyl/N-ethyl adjacent to an activating group) is 1. The number of rotatable bonds is 3. The maximum atomic E-state index is 11.5. The van der Waals surface area contributed by atoms with Crippen molar-refractivity contribution in [2.24, 2.45) is 0 Å². The van der Waals surface area contributed by atoms with E-state index in [1.54, 1.807) is 0 Å². The van der Waals surface area contributed by atoms with Crippen LogP contribution >= 0.6 is 11.6 Å². The standard InChI is InChI=1S/C17H24ClN3O/c1-20-12-15(5-6-17(20)22)19-14-7-9-21(10-8-14)16-4-2-3-13(18)11-16/h2-4,11,14-15,19H,5-10,12H2,1H3/t15-/m0/s1. The monoisotopic (exact) mass is 321 g/mol. The number of carbonyl (C=O) groups excluding carboxylic acids is 1. The molecule has 0 aliphatic carbocycles. The number of likely N-dealkylation sites (tertiary alicyclic amines) is 1. The quantitative estimate of drug-likeness (QED) is 0.929. The van der Waals surface area contributed by atoms with Gasteiger partial charge in [0.2, 0.25) is 5.91 Å². The largest absolute Gasteiger partial charge is 0.371 e. The van der Waals surface area contributed by atoms with Crippen molar-refractivity contribution in [3.8, 4) is 0 Å². The zero-order valence-corrected chi connectivity index (χ0v) is 13.9. The number of piperidine rings is 2. The molecule has 0 saturated carbocycles. The molecule has 0 aromatic heterocycles. The van der Waals surface area contributed by atoms with Crippen LogP contribution < -0.4 is 10.2 Å². The van der Waals surface area contributed by atoms with Gasteiger partial charge in [-0.05, 0) is 37.5 Å². The molecule has 0 bridgehead atoms. The molecule has 1 atom stereocenters. The Morgan fingerprint density at radius 3 is 2.64 bits per heavy atom. The molecular weight excluding hydrogens is 298 g/mol. The summed E-state index contributed by atoms with van der Waals surface area (Å²) in [6, 6.07) is 9.10. The van der Waals surface area contributed by atoms with E-state index in [-0.39, 0.29) is 5.91 Å². The predicted octanol–water partition coefficient (Wildman–Crippen LogP) is 2.52. The minimum Gasteiger partial charge on any atom is -0.371 e. The molecule has 3 rings (SSSR count). The summed E-state index contributed by atoms with van der Waals surface area (Å²) in [6.45, 7) is 2.95. The smallest absolute Gasteiger partial charge is 0.222 e. The van der Waals surface area contributed by atoms with Crippen LogP contribution in [0.1, 0.15) is 25.7 Å². The van der Waals surface area contributed by atoms with E-state index in [2.05, 4.69) is 16.3 Å². The molecule has 2 aliphatic heterocycles. The number of benzene rings is 1. The van der Waals surface area contributed by atoms with Crippen LogP contribution in [0.2, 0.25) is 5.02 Å². The van der Waals surface area contributed by atoms with Crippen LogP contribution in [-0.4, -0.2) is 49.6 Å². The number of halogens is 1. The van der Waals surface area contributed by atoms with Crippen LogP contribution in [0.15, 0.2) is 24.3 Å². The fourth-order valence-corrected chi connectivity index (χ4v) is 3.64. The van der Waals surface area contributed by atoms with Gasteiger partial charge in [-0.3, -0.25) is 4.79 Å². The zero-order chi connectivity index (χ0) is 15.5. The maximum absolute atomic E-state index is 11.5. The Kier molecular flexibility index (Phi) is 4.89. The molecule has 2 fully saturated rings. The Hall–Kier alpha value is -1.26. The molecule has 1 aromatic rings. The lowest BCUT2D eigenvalue weighted by Crippen LogP contribution is -2.52. The lowest BCUT2D eigenvalue weighted by Gasteiger charge is -2.38. The molecule has 2 aliphatic rings. The van der Waals surface area contributed by atoms with Gasteiger partial charge in [-0.25, -0.2) is 0 Å². The van der Waals surface area contributed by atoms with E-state index < -0.39 is 0 Å². The van der Waals surface area contributed by atoms with Crippen molar-refractivity contribution in [3.63, 3.8) is 0 Å². The normalized spacial score (nSPS) is 23.9. The van der Waals surface area contributed by atoms with E-state index >= 15 is 0 Å². The van der Waals surface area contributed by atoms with E-state index in [4.69, 9.17) is 11.6 Å². The van der Waals surface area contributed by atoms with E-state index in [0.29, 0.717) is 18.5 Å². The summed E-state index contributed by atoms with van der Waals surface area (Å²) in [7, 11) is 1.90. The zero-order valence-electron chi connectivity index (χ0n) is 13.1. The number of anilines is 1. The first-order chi connectivity index (χ1) is 10.6. The Balaban J connectivity index is 1.49. The van der Waals surface area contributed by atoms with Crippen LogP contribution in [0, 0.1) is 0 Å². The van der Waals surface area contributed by atoms with Crippen LogP contribution in [-0.2, 0) is 4.79 Å². The topological polar surface area (TPSA) is 35.6 Å². The number of amides is 1. The second kappa shape index (κ2) is 6.88. The highest BCUT2D eigenvalue weighted by atomic mass is 35.5. The third kappa shape index (κ3) is 3.73. The highest BCUT2D eigenvalue weighted by Crippen LogP contribution is 2.23. The van der Waals surface area contributed by atoms with Gasteiger partial charge in [0.15, 0.2) is 0 Å². The molecule has 5 heteroatoms. The Labute approximate surface area is 137 Å². The van der Waals surface area contributed by atoms with Gasteiger partial charge in [-0.15, -0.1) is 0 Å². The third-order valence-corrected chi connectivity index (χ3v) is 5.00. The molecule has 0 radical (unpaired) electrons. The first kappa shape index (κ1) is 15.6. The first-order valence-electron chi connectivity index (χ1n) is 8.12. The molecule has 0 unspecified atom stereocenters. The van der Waals surface area contributed by atoms with E-state index in [1.807, 2.05) is 30.1 Å². The minimum absolute atomic E-state index is 0.272.